The van der Waals surface area contributed by atoms with E-state index in [2.05, 4.69) is 10.3 Å². The van der Waals surface area contributed by atoms with E-state index in [0.717, 1.165) is 42.7 Å². The first-order valence-electron chi connectivity index (χ1n) is 8.68. The van der Waals surface area contributed by atoms with Crippen molar-refractivity contribution in [2.75, 3.05) is 0 Å². The van der Waals surface area contributed by atoms with Crippen molar-refractivity contribution in [2.24, 2.45) is 5.92 Å². The smallest absolute Gasteiger partial charge is 0.352 e. The van der Waals surface area contributed by atoms with Gasteiger partial charge in [0.25, 0.3) is 0 Å². The van der Waals surface area contributed by atoms with E-state index in [1.807, 2.05) is 0 Å². The lowest BCUT2D eigenvalue weighted by Gasteiger charge is -2.24. The van der Waals surface area contributed by atoms with Gasteiger partial charge in [0.1, 0.15) is 11.3 Å². The number of amides is 1. The van der Waals surface area contributed by atoms with Gasteiger partial charge in [-0.3, -0.25) is 4.79 Å². The Morgan fingerprint density at radius 1 is 1.36 bits per heavy atom. The normalized spacial score (nSPS) is 17.6. The van der Waals surface area contributed by atoms with Crippen molar-refractivity contribution in [1.29, 1.82) is 0 Å². The fourth-order valence-electron chi connectivity index (χ4n) is 3.55. The number of hydrogen-bond donors (Lipinski definition) is 1. The highest BCUT2D eigenvalue weighted by molar-refractivity contribution is 5.79. The van der Waals surface area contributed by atoms with Crippen molar-refractivity contribution in [3.8, 4) is 0 Å². The van der Waals surface area contributed by atoms with Crippen LogP contribution in [-0.2, 0) is 17.5 Å². The van der Waals surface area contributed by atoms with E-state index in [0.29, 0.717) is 5.39 Å². The molecule has 1 N–H and O–H groups in total. The van der Waals surface area contributed by atoms with Crippen LogP contribution in [0.5, 0.6) is 0 Å². The summed E-state index contributed by atoms with van der Waals surface area (Å²) in [6.45, 7) is 1.77. The van der Waals surface area contributed by atoms with Gasteiger partial charge in [-0.25, -0.2) is 4.98 Å². The van der Waals surface area contributed by atoms with Gasteiger partial charge in [0, 0.05) is 30.1 Å². The zero-order valence-electron chi connectivity index (χ0n) is 14.1. The molecule has 1 aliphatic rings. The molecule has 0 radical (unpaired) electrons. The minimum Gasteiger partial charge on any atom is -0.352 e. The lowest BCUT2D eigenvalue weighted by molar-refractivity contribution is -0.143. The second kappa shape index (κ2) is 7.06. The predicted octanol–water partition coefficient (Wildman–Crippen LogP) is 4.14. The maximum absolute atomic E-state index is 13.4. The van der Waals surface area contributed by atoms with Crippen molar-refractivity contribution in [1.82, 2.24) is 14.9 Å². The quantitative estimate of drug-likeness (QED) is 0.898. The van der Waals surface area contributed by atoms with Crippen LogP contribution in [-0.4, -0.2) is 21.5 Å². The summed E-state index contributed by atoms with van der Waals surface area (Å²) in [7, 11) is 0. The summed E-state index contributed by atoms with van der Waals surface area (Å²) in [4.78, 5) is 16.4. The fourth-order valence-corrected chi connectivity index (χ4v) is 3.55. The van der Waals surface area contributed by atoms with Gasteiger partial charge in [0.15, 0.2) is 0 Å². The number of nitrogens with one attached hydrogen (secondary N) is 1. The maximum Gasteiger partial charge on any atom is 0.431 e. The molecule has 1 fully saturated rings. The molecule has 0 spiro atoms. The van der Waals surface area contributed by atoms with Gasteiger partial charge in [-0.2, -0.15) is 13.2 Å². The van der Waals surface area contributed by atoms with Gasteiger partial charge in [-0.15, -0.1) is 0 Å². The Bertz CT molecular complexity index is 748. The first kappa shape index (κ1) is 17.8. The van der Waals surface area contributed by atoms with Gasteiger partial charge in [-0.05, 0) is 38.0 Å². The summed E-state index contributed by atoms with van der Waals surface area (Å²) in [6, 6.07) is 3.92. The van der Waals surface area contributed by atoms with E-state index >= 15 is 0 Å². The number of aromatic nitrogens is 2. The number of carbonyl (C=O) groups excluding carboxylic acids is 1. The van der Waals surface area contributed by atoms with Crippen LogP contribution in [0.1, 0.15) is 44.7 Å². The Morgan fingerprint density at radius 2 is 2.08 bits per heavy atom. The average molecular weight is 353 g/mol. The van der Waals surface area contributed by atoms with Gasteiger partial charge >= 0.3 is 6.18 Å². The van der Waals surface area contributed by atoms with Crippen molar-refractivity contribution in [2.45, 2.75) is 57.8 Å². The summed E-state index contributed by atoms with van der Waals surface area (Å²) in [5, 5.41) is 3.32. The topological polar surface area (TPSA) is 46.9 Å². The van der Waals surface area contributed by atoms with E-state index < -0.39 is 17.9 Å². The zero-order valence-corrected chi connectivity index (χ0v) is 14.1. The molecular weight excluding hydrogens is 331 g/mol. The van der Waals surface area contributed by atoms with Crippen LogP contribution in [0, 0.1) is 5.92 Å². The molecule has 3 rings (SSSR count). The number of hydrogen-bond acceptors (Lipinski definition) is 2. The summed E-state index contributed by atoms with van der Waals surface area (Å²) in [5.41, 5.74) is -0.450. The van der Waals surface area contributed by atoms with Crippen molar-refractivity contribution in [3.05, 3.63) is 30.1 Å². The number of nitrogens with zero attached hydrogens (tertiary/aromatic N) is 2. The Hall–Kier alpha value is -2.05. The molecule has 1 amide bonds. The predicted molar refractivity (Wildman–Crippen MR) is 88.9 cm³/mol. The van der Waals surface area contributed by atoms with E-state index in [1.165, 1.54) is 6.20 Å². The Balaban J connectivity index is 1.78. The molecule has 136 valence electrons. The molecular formula is C18H22F3N3O. The lowest BCUT2D eigenvalue weighted by Crippen LogP contribution is -2.40. The summed E-state index contributed by atoms with van der Waals surface area (Å²) >= 11 is 0. The lowest BCUT2D eigenvalue weighted by atomic mass is 9.88. The monoisotopic (exact) mass is 353 g/mol. The Labute approximate surface area is 144 Å². The van der Waals surface area contributed by atoms with Crippen molar-refractivity contribution in [3.63, 3.8) is 0 Å². The van der Waals surface area contributed by atoms with Crippen LogP contribution >= 0.6 is 0 Å². The van der Waals surface area contributed by atoms with Gasteiger partial charge < -0.3 is 9.88 Å². The molecule has 7 heteroatoms. The van der Waals surface area contributed by atoms with Crippen LogP contribution in [0.3, 0.4) is 0 Å². The Morgan fingerprint density at radius 3 is 2.76 bits per heavy atom. The summed E-state index contributed by atoms with van der Waals surface area (Å²) < 4.78 is 41.2. The third-order valence-electron chi connectivity index (χ3n) is 4.77. The van der Waals surface area contributed by atoms with Crippen LogP contribution in [0.4, 0.5) is 13.2 Å². The molecule has 1 saturated carbocycles. The van der Waals surface area contributed by atoms with Crippen LogP contribution < -0.4 is 5.32 Å². The van der Waals surface area contributed by atoms with Crippen LogP contribution in [0.25, 0.3) is 11.0 Å². The summed E-state index contributed by atoms with van der Waals surface area (Å²) in [5.74, 6) is -0.0667. The zero-order chi connectivity index (χ0) is 18.0. The van der Waals surface area contributed by atoms with Gasteiger partial charge in [0.2, 0.25) is 5.91 Å². The molecule has 2 heterocycles. The van der Waals surface area contributed by atoms with E-state index in [9.17, 15) is 18.0 Å². The molecule has 0 unspecified atom stereocenters. The molecule has 0 bridgehead atoms. The molecule has 0 saturated heterocycles. The van der Waals surface area contributed by atoms with E-state index in [1.54, 1.807) is 19.1 Å². The SMILES string of the molecule is C[C@H](Cn1c(C(F)(F)F)cc2cccnc21)NC(=O)C1CCCCC1. The largest absolute Gasteiger partial charge is 0.431 e. The number of halogens is 3. The number of fused-ring (bicyclic) bond motifs is 1. The first-order chi connectivity index (χ1) is 11.9. The van der Waals surface area contributed by atoms with Gasteiger partial charge in [-0.1, -0.05) is 19.3 Å². The third kappa shape index (κ3) is 3.96. The highest BCUT2D eigenvalue weighted by Crippen LogP contribution is 2.33. The van der Waals surface area contributed by atoms with Crippen molar-refractivity contribution < 1.29 is 18.0 Å². The molecule has 2 aromatic rings. The van der Waals surface area contributed by atoms with E-state index in [-0.39, 0.29) is 24.0 Å². The molecule has 0 aliphatic heterocycles. The van der Waals surface area contributed by atoms with Crippen LogP contribution in [0.15, 0.2) is 24.4 Å². The number of pyridine rings is 1. The second-order valence-corrected chi connectivity index (χ2v) is 6.80. The average Bonchev–Trinajstić information content (AvgIpc) is 2.94. The molecule has 4 nitrogen and oxygen atoms in total. The molecule has 1 aliphatic carbocycles. The molecule has 0 aromatic carbocycles. The third-order valence-corrected chi connectivity index (χ3v) is 4.77. The van der Waals surface area contributed by atoms with Crippen molar-refractivity contribution >= 4 is 16.9 Å². The standard InChI is InChI=1S/C18H22F3N3O/c1-12(23-17(25)13-6-3-2-4-7-13)11-24-15(18(19,20)21)10-14-8-5-9-22-16(14)24/h5,8-10,12-13H,2-4,6-7,11H2,1H3,(H,23,25)/t12-/m1/s1. The number of carbonyl (C=O) groups is 1. The maximum atomic E-state index is 13.4. The minimum absolute atomic E-state index is 0.0159. The highest BCUT2D eigenvalue weighted by Gasteiger charge is 2.36. The summed E-state index contributed by atoms with van der Waals surface area (Å²) in [6.07, 6.45) is 1.96. The fraction of sp³-hybridized carbons (Fsp3) is 0.556. The molecule has 25 heavy (non-hydrogen) atoms. The molecule has 2 aromatic heterocycles. The minimum atomic E-state index is -4.46. The highest BCUT2D eigenvalue weighted by atomic mass is 19.4. The molecule has 1 atom stereocenters. The number of rotatable bonds is 4. The van der Waals surface area contributed by atoms with Gasteiger partial charge in [0.05, 0.1) is 0 Å². The van der Waals surface area contributed by atoms with Crippen LogP contribution in [0.2, 0.25) is 0 Å². The number of alkyl halides is 3. The first-order valence-corrected chi connectivity index (χ1v) is 8.68. The van der Waals surface area contributed by atoms with E-state index in [4.69, 9.17) is 0 Å². The second-order valence-electron chi connectivity index (χ2n) is 6.80. The Kier molecular flexibility index (Phi) is 5.01.